The Kier molecular flexibility index (Phi) is 20.6. The first-order chi connectivity index (χ1) is 10.5. The molecule has 0 amide bonds. The molecule has 0 saturated carbocycles. The molecule has 0 spiro atoms. The molecule has 22 heavy (non-hydrogen) atoms. The van der Waals surface area contributed by atoms with E-state index in [1.165, 1.54) is 11.5 Å². The molecule has 3 heteroatoms. The summed E-state index contributed by atoms with van der Waals surface area (Å²) in [6, 6.07) is 6.81. The van der Waals surface area contributed by atoms with Gasteiger partial charge in [0.05, 0.1) is 4.90 Å². The van der Waals surface area contributed by atoms with Crippen molar-refractivity contribution < 1.29 is 8.42 Å². The molecular formula is C19H34O2S. The van der Waals surface area contributed by atoms with Gasteiger partial charge in [0, 0.05) is 5.41 Å². The van der Waals surface area contributed by atoms with Gasteiger partial charge in [-0.2, -0.15) is 0 Å². The van der Waals surface area contributed by atoms with E-state index in [1.54, 1.807) is 31.2 Å². The first-order valence-corrected chi connectivity index (χ1v) is 9.58. The Morgan fingerprint density at radius 3 is 1.64 bits per heavy atom. The summed E-state index contributed by atoms with van der Waals surface area (Å²) >= 11 is 0. The second-order valence-electron chi connectivity index (χ2n) is 3.80. The molecular weight excluding hydrogens is 292 g/mol. The number of aryl methyl sites for hydroxylation is 1. The van der Waals surface area contributed by atoms with Crippen molar-refractivity contribution >= 4 is 9.84 Å². The number of hydrogen-bond acceptors (Lipinski definition) is 2. The third-order valence-corrected chi connectivity index (χ3v) is 3.70. The van der Waals surface area contributed by atoms with Gasteiger partial charge < -0.3 is 0 Å². The van der Waals surface area contributed by atoms with Gasteiger partial charge in [0.15, 0.2) is 9.84 Å². The lowest BCUT2D eigenvalue weighted by molar-refractivity contribution is 0.604. The number of allylic oxidation sites excluding steroid dienone is 3. The van der Waals surface area contributed by atoms with Gasteiger partial charge >= 0.3 is 0 Å². The van der Waals surface area contributed by atoms with Crippen LogP contribution in [0.5, 0.6) is 0 Å². The molecule has 2 nitrogen and oxygen atoms in total. The Balaban J connectivity index is -0.000000338. The van der Waals surface area contributed by atoms with Crippen molar-refractivity contribution in [1.29, 1.82) is 0 Å². The van der Waals surface area contributed by atoms with E-state index >= 15 is 0 Å². The fourth-order valence-electron chi connectivity index (χ4n) is 1.22. The molecule has 1 aromatic carbocycles. The van der Waals surface area contributed by atoms with Crippen LogP contribution in [0.1, 0.15) is 60.5 Å². The molecule has 0 fully saturated rings. The van der Waals surface area contributed by atoms with Crippen molar-refractivity contribution in [2.45, 2.75) is 66.7 Å². The van der Waals surface area contributed by atoms with Gasteiger partial charge in [-0.1, -0.05) is 70.5 Å². The highest BCUT2D eigenvalue weighted by Gasteiger charge is 2.07. The lowest BCUT2D eigenvalue weighted by atomic mass is 10.2. The highest BCUT2D eigenvalue weighted by Crippen LogP contribution is 2.12. The predicted molar refractivity (Wildman–Crippen MR) is 101 cm³/mol. The van der Waals surface area contributed by atoms with Gasteiger partial charge in [-0.25, -0.2) is 8.42 Å². The average molecular weight is 327 g/mol. The molecule has 0 aliphatic heterocycles. The molecule has 0 radical (unpaired) electrons. The minimum Gasteiger partial charge on any atom is -0.219 e. The van der Waals surface area contributed by atoms with E-state index in [0.29, 0.717) is 4.90 Å². The highest BCUT2D eigenvalue weighted by molar-refractivity contribution is 7.94. The lowest BCUT2D eigenvalue weighted by Gasteiger charge is -1.98. The topological polar surface area (TPSA) is 34.1 Å². The van der Waals surface area contributed by atoms with E-state index in [0.717, 1.165) is 12.0 Å². The Morgan fingerprint density at radius 2 is 1.36 bits per heavy atom. The van der Waals surface area contributed by atoms with E-state index in [1.807, 2.05) is 41.5 Å². The largest absolute Gasteiger partial charge is 0.219 e. The maximum Gasteiger partial charge on any atom is 0.199 e. The van der Waals surface area contributed by atoms with Gasteiger partial charge in [0.2, 0.25) is 0 Å². The molecule has 0 unspecified atom stereocenters. The van der Waals surface area contributed by atoms with Crippen LogP contribution in [0.4, 0.5) is 0 Å². The molecule has 1 aromatic rings. The van der Waals surface area contributed by atoms with Gasteiger partial charge in [0.1, 0.15) is 0 Å². The van der Waals surface area contributed by atoms with Crippen LogP contribution < -0.4 is 0 Å². The zero-order valence-corrected chi connectivity index (χ0v) is 16.4. The van der Waals surface area contributed by atoms with E-state index < -0.39 is 9.84 Å². The van der Waals surface area contributed by atoms with E-state index in [9.17, 15) is 8.42 Å². The molecule has 0 aliphatic rings. The maximum atomic E-state index is 11.5. The maximum absolute atomic E-state index is 11.5. The summed E-state index contributed by atoms with van der Waals surface area (Å²) < 4.78 is 22.9. The van der Waals surface area contributed by atoms with Crippen molar-refractivity contribution in [3.8, 4) is 0 Å². The Labute approximate surface area is 138 Å². The molecule has 0 atom stereocenters. The van der Waals surface area contributed by atoms with Gasteiger partial charge in [-0.15, -0.1) is 0 Å². The molecule has 0 saturated heterocycles. The highest BCUT2D eigenvalue weighted by atomic mass is 32.2. The van der Waals surface area contributed by atoms with Gasteiger partial charge in [-0.05, 0) is 39.3 Å². The third kappa shape index (κ3) is 13.6. The molecule has 0 aromatic heterocycles. The third-order valence-electron chi connectivity index (χ3n) is 2.14. The minimum absolute atomic E-state index is 0.344. The average Bonchev–Trinajstić information content (AvgIpc) is 2.53. The van der Waals surface area contributed by atoms with Crippen LogP contribution in [0.25, 0.3) is 0 Å². The summed E-state index contributed by atoms with van der Waals surface area (Å²) in [6.07, 6.45) is 6.87. The SMILES string of the molecule is C/C=C/S(=O)(=O)c1ccc(C)cc1.C/C=C\CC.CC.CC. The molecule has 0 N–H and O–H groups in total. The predicted octanol–water partition coefficient (Wildman–Crippen LogP) is 6.33. The van der Waals surface area contributed by atoms with Crippen LogP contribution in [0.15, 0.2) is 52.8 Å². The quantitative estimate of drug-likeness (QED) is 0.608. The number of benzene rings is 1. The molecule has 0 aliphatic carbocycles. The number of sulfone groups is 1. The second kappa shape index (κ2) is 17.7. The van der Waals surface area contributed by atoms with Crippen LogP contribution in [0.3, 0.4) is 0 Å². The summed E-state index contributed by atoms with van der Waals surface area (Å²) in [7, 11) is -3.21. The zero-order valence-electron chi connectivity index (χ0n) is 15.6. The van der Waals surface area contributed by atoms with Crippen LogP contribution in [0.2, 0.25) is 0 Å². The van der Waals surface area contributed by atoms with E-state index in [4.69, 9.17) is 0 Å². The summed E-state index contributed by atoms with van der Waals surface area (Å²) in [4.78, 5) is 0.344. The number of rotatable bonds is 3. The summed E-state index contributed by atoms with van der Waals surface area (Å²) in [5.74, 6) is 0. The number of hydrogen-bond donors (Lipinski definition) is 0. The van der Waals surface area contributed by atoms with E-state index in [2.05, 4.69) is 19.1 Å². The van der Waals surface area contributed by atoms with Crippen molar-refractivity contribution in [3.05, 3.63) is 53.5 Å². The van der Waals surface area contributed by atoms with E-state index in [-0.39, 0.29) is 0 Å². The minimum atomic E-state index is -3.21. The fraction of sp³-hybridized carbons (Fsp3) is 0.474. The van der Waals surface area contributed by atoms with Crippen molar-refractivity contribution in [3.63, 3.8) is 0 Å². The molecule has 0 heterocycles. The first-order valence-electron chi connectivity index (χ1n) is 8.03. The standard InChI is InChI=1S/C10H12O2S.C5H10.2C2H6/c1-3-8-13(11,12)10-6-4-9(2)5-7-10;1-3-5-4-2;2*1-2/h3-8H,1-2H3;3,5H,4H2,1-2H3;2*1-2H3/b8-3+;5-3-;;. The summed E-state index contributed by atoms with van der Waals surface area (Å²) in [6.45, 7) is 15.8. The van der Waals surface area contributed by atoms with Gasteiger partial charge in [0.25, 0.3) is 0 Å². The zero-order chi connectivity index (χ0) is 18.0. The smallest absolute Gasteiger partial charge is 0.199 e. The van der Waals surface area contributed by atoms with Crippen LogP contribution in [-0.4, -0.2) is 8.42 Å². The Bertz CT molecular complexity index is 481. The van der Waals surface area contributed by atoms with Crippen LogP contribution >= 0.6 is 0 Å². The van der Waals surface area contributed by atoms with Gasteiger partial charge in [-0.3, -0.25) is 0 Å². The monoisotopic (exact) mass is 326 g/mol. The van der Waals surface area contributed by atoms with Crippen molar-refractivity contribution in [2.75, 3.05) is 0 Å². The van der Waals surface area contributed by atoms with Crippen LogP contribution in [0, 0.1) is 6.92 Å². The van der Waals surface area contributed by atoms with Crippen molar-refractivity contribution in [2.24, 2.45) is 0 Å². The Hall–Kier alpha value is -1.35. The molecule has 0 bridgehead atoms. The molecule has 128 valence electrons. The summed E-state index contributed by atoms with van der Waals surface area (Å²) in [5.41, 5.74) is 1.06. The second-order valence-corrected chi connectivity index (χ2v) is 5.64. The Morgan fingerprint density at radius 1 is 0.909 bits per heavy atom. The molecule has 1 rings (SSSR count). The first kappa shape index (κ1) is 25.6. The van der Waals surface area contributed by atoms with Crippen LogP contribution in [-0.2, 0) is 9.84 Å². The van der Waals surface area contributed by atoms with Crippen molar-refractivity contribution in [1.82, 2.24) is 0 Å². The summed E-state index contributed by atoms with van der Waals surface area (Å²) in [5, 5.41) is 1.21. The normalized spacial score (nSPS) is 10.0. The fourth-order valence-corrected chi connectivity index (χ4v) is 2.25. The lowest BCUT2D eigenvalue weighted by Crippen LogP contribution is -1.95.